The van der Waals surface area contributed by atoms with Crippen molar-refractivity contribution in [3.05, 3.63) is 0 Å². The van der Waals surface area contributed by atoms with Gasteiger partial charge in [0.25, 0.3) is 0 Å². The minimum atomic E-state index is -1.01. The fourth-order valence-electron chi connectivity index (χ4n) is 3.71. The number of hydrogen-bond acceptors (Lipinski definition) is 4. The van der Waals surface area contributed by atoms with Gasteiger partial charge in [0.15, 0.2) is 12.4 Å². The van der Waals surface area contributed by atoms with Gasteiger partial charge in [0.2, 0.25) is 0 Å². The molecule has 30 heavy (non-hydrogen) atoms. The quantitative estimate of drug-likeness (QED) is 0.195. The van der Waals surface area contributed by atoms with E-state index in [2.05, 4.69) is 11.9 Å². The van der Waals surface area contributed by atoms with E-state index in [-0.39, 0.29) is 84.3 Å². The molecule has 0 spiro atoms. The van der Waals surface area contributed by atoms with Gasteiger partial charge in [-0.2, -0.15) is 0 Å². The van der Waals surface area contributed by atoms with E-state index in [0.717, 1.165) is 25.1 Å². The number of carbonyl (C=O) groups is 2. The molecule has 0 aliphatic carbocycles. The molecule has 0 saturated carbocycles. The van der Waals surface area contributed by atoms with Crippen molar-refractivity contribution in [2.24, 2.45) is 4.99 Å². The molecule has 168 valence electrons. The molecule has 0 saturated heterocycles. The Morgan fingerprint density at radius 3 is 2.07 bits per heavy atom. The fourth-order valence-corrected chi connectivity index (χ4v) is 3.71. The summed E-state index contributed by atoms with van der Waals surface area (Å²) in [5.74, 6) is -0.918. The molecule has 0 aromatic carbocycles. The van der Waals surface area contributed by atoms with Gasteiger partial charge in [0.05, 0.1) is 13.2 Å². The molecule has 0 fully saturated rings. The molecule has 0 radical (unpaired) electrons. The third kappa shape index (κ3) is 15.3. The molecule has 1 aliphatic heterocycles. The monoisotopic (exact) mass is 451 g/mol. The third-order valence-corrected chi connectivity index (χ3v) is 5.20. The van der Waals surface area contributed by atoms with Crippen molar-refractivity contribution in [1.82, 2.24) is 0 Å². The number of aliphatic imine (C=N–C) groups is 1. The van der Waals surface area contributed by atoms with Gasteiger partial charge < -0.3 is 20.4 Å². The van der Waals surface area contributed by atoms with Crippen molar-refractivity contribution in [2.75, 3.05) is 39.4 Å². The first-order valence-electron chi connectivity index (χ1n) is 10.4. The van der Waals surface area contributed by atoms with E-state index in [9.17, 15) is 14.7 Å². The number of unbranched alkanes of at least 4 members (excludes halogenated alkanes) is 8. The summed E-state index contributed by atoms with van der Waals surface area (Å²) in [6.07, 6.45) is 12.1. The van der Waals surface area contributed by atoms with E-state index in [1.165, 1.54) is 44.9 Å². The first kappa shape index (κ1) is 35.1. The van der Waals surface area contributed by atoms with Gasteiger partial charge in [0.1, 0.15) is 19.7 Å². The Morgan fingerprint density at radius 1 is 0.967 bits per heavy atom. The van der Waals surface area contributed by atoms with Gasteiger partial charge in [-0.3, -0.25) is 4.48 Å². The summed E-state index contributed by atoms with van der Waals surface area (Å²) in [7, 11) is 0. The van der Waals surface area contributed by atoms with Gasteiger partial charge in [-0.05, 0) is 6.42 Å². The zero-order valence-electron chi connectivity index (χ0n) is 17.3. The molecule has 10 heteroatoms. The SMILES string of the molecule is CCCCCCCCCCCC1=NCC[N+]1(CCOCC(=O)O)CC(=O)O.O.[NaH].[NaH]. The van der Waals surface area contributed by atoms with Crippen LogP contribution in [0.1, 0.15) is 71.1 Å². The third-order valence-electron chi connectivity index (χ3n) is 5.20. The topological polar surface area (TPSA) is 128 Å². The summed E-state index contributed by atoms with van der Waals surface area (Å²) in [5.41, 5.74) is 0. The molecular weight excluding hydrogens is 410 g/mol. The van der Waals surface area contributed by atoms with Crippen LogP contribution in [0.3, 0.4) is 0 Å². The summed E-state index contributed by atoms with van der Waals surface area (Å²) in [5, 5.41) is 18.0. The average Bonchev–Trinajstić information content (AvgIpc) is 2.99. The Morgan fingerprint density at radius 2 is 1.53 bits per heavy atom. The molecule has 8 nitrogen and oxygen atoms in total. The van der Waals surface area contributed by atoms with Gasteiger partial charge in [0, 0.05) is 6.42 Å². The summed E-state index contributed by atoms with van der Waals surface area (Å²) < 4.78 is 5.46. The molecule has 1 rings (SSSR count). The number of quaternary nitrogens is 1. The van der Waals surface area contributed by atoms with Crippen LogP contribution in [0.2, 0.25) is 0 Å². The Balaban J connectivity index is -0.00000243. The van der Waals surface area contributed by atoms with E-state index < -0.39 is 11.9 Å². The average molecular weight is 452 g/mol. The second-order valence-corrected chi connectivity index (χ2v) is 7.47. The Bertz CT molecular complexity index is 494. The van der Waals surface area contributed by atoms with Crippen molar-refractivity contribution < 1.29 is 34.5 Å². The second kappa shape index (κ2) is 21.3. The van der Waals surface area contributed by atoms with Crippen LogP contribution in [0, 0.1) is 0 Å². The Hall–Kier alpha value is 0.490. The number of nitrogens with zero attached hydrogens (tertiary/aromatic N) is 2. The standard InChI is InChI=1S/C20H36N2O5.2Na.H2O.2H/c1-2-3-4-5-6-7-8-9-10-11-18-21-12-13-22(18,16-19(23)24)14-15-27-17-20(25)26;;;;;/h2-17H2,1H3,(H-,23,24,25,26);;;1H2;;/p+1. The number of ether oxygens (including phenoxy) is 1. The van der Waals surface area contributed by atoms with Crippen molar-refractivity contribution in [3.8, 4) is 0 Å². The van der Waals surface area contributed by atoms with Crippen LogP contribution in [0.15, 0.2) is 4.99 Å². The molecule has 1 heterocycles. The number of amidine groups is 1. The molecule has 4 N–H and O–H groups in total. The van der Waals surface area contributed by atoms with Crippen LogP contribution < -0.4 is 0 Å². The molecule has 1 atom stereocenters. The van der Waals surface area contributed by atoms with E-state index in [1.807, 2.05) is 0 Å². The van der Waals surface area contributed by atoms with Crippen molar-refractivity contribution >= 4 is 76.9 Å². The van der Waals surface area contributed by atoms with Crippen LogP contribution in [0.4, 0.5) is 0 Å². The number of carboxylic acids is 2. The summed E-state index contributed by atoms with van der Waals surface area (Å²) in [6, 6.07) is 0. The molecule has 0 amide bonds. The summed E-state index contributed by atoms with van der Waals surface area (Å²) >= 11 is 0. The zero-order valence-corrected chi connectivity index (χ0v) is 17.3. The molecule has 1 unspecified atom stereocenters. The number of aliphatic carboxylic acids is 2. The summed E-state index contributed by atoms with van der Waals surface area (Å²) in [6.45, 7) is 3.87. The normalized spacial score (nSPS) is 17.3. The molecular formula is C20H41N2Na2O6+. The molecule has 0 aromatic rings. The zero-order chi connectivity index (χ0) is 20.0. The van der Waals surface area contributed by atoms with Crippen LogP contribution in [-0.4, -0.2) is 136 Å². The van der Waals surface area contributed by atoms with E-state index in [4.69, 9.17) is 9.84 Å². The van der Waals surface area contributed by atoms with Gasteiger partial charge >= 0.3 is 71.1 Å². The maximum absolute atomic E-state index is 11.4. The van der Waals surface area contributed by atoms with Crippen molar-refractivity contribution in [1.29, 1.82) is 0 Å². The number of carboxylic acid groups (broad SMARTS) is 2. The maximum atomic E-state index is 11.4. The second-order valence-electron chi connectivity index (χ2n) is 7.47. The minimum absolute atomic E-state index is 0. The van der Waals surface area contributed by atoms with Crippen LogP contribution in [0.25, 0.3) is 0 Å². The van der Waals surface area contributed by atoms with E-state index in [0.29, 0.717) is 24.1 Å². The molecule has 0 aromatic heterocycles. The first-order valence-corrected chi connectivity index (χ1v) is 10.4. The van der Waals surface area contributed by atoms with Crippen molar-refractivity contribution in [2.45, 2.75) is 71.1 Å². The Kier molecular flexibility index (Phi) is 25.0. The predicted octanol–water partition coefficient (Wildman–Crippen LogP) is 1.20. The first-order chi connectivity index (χ1) is 13.0. The number of hydrogen-bond donors (Lipinski definition) is 2. The van der Waals surface area contributed by atoms with E-state index in [1.54, 1.807) is 0 Å². The summed E-state index contributed by atoms with van der Waals surface area (Å²) in [4.78, 5) is 26.5. The van der Waals surface area contributed by atoms with Gasteiger partial charge in [-0.15, -0.1) is 0 Å². The fraction of sp³-hybridized carbons (Fsp3) is 0.850. The predicted molar refractivity (Wildman–Crippen MR) is 123 cm³/mol. The van der Waals surface area contributed by atoms with Crippen LogP contribution >= 0.6 is 0 Å². The van der Waals surface area contributed by atoms with Crippen LogP contribution in [0.5, 0.6) is 0 Å². The number of rotatable bonds is 17. The van der Waals surface area contributed by atoms with Crippen LogP contribution in [-0.2, 0) is 14.3 Å². The van der Waals surface area contributed by atoms with E-state index >= 15 is 0 Å². The molecule has 1 aliphatic rings. The van der Waals surface area contributed by atoms with Gasteiger partial charge in [-0.1, -0.05) is 58.3 Å². The van der Waals surface area contributed by atoms with Gasteiger partial charge in [-0.25, -0.2) is 14.6 Å². The Labute approximate surface area is 225 Å². The van der Waals surface area contributed by atoms with Crippen molar-refractivity contribution in [3.63, 3.8) is 0 Å². The molecule has 0 bridgehead atoms.